The lowest BCUT2D eigenvalue weighted by Crippen LogP contribution is -2.31. The number of rotatable bonds is 7. The standard InChI is InChI=1S/C17H21N7O3S/c1-18-16(25)14-11(21-15-12(28-3)6-10(27-2)8-19-15)7-13(23-24-14)22-17(26)20-9-4-5-9/h6-9H,4-5H2,1-3H3,(H,18,25)(H3,19,20,21,22,23,26)/i1D3. The van der Waals surface area contributed by atoms with E-state index >= 15 is 0 Å². The number of methoxy groups -OCH3 is 1. The molecule has 1 aliphatic carbocycles. The predicted octanol–water partition coefficient (Wildman–Crippen LogP) is 1.99. The number of aromatic nitrogens is 3. The summed E-state index contributed by atoms with van der Waals surface area (Å²) in [5.74, 6) is 0.0494. The van der Waals surface area contributed by atoms with Gasteiger partial charge in [0, 0.05) is 23.2 Å². The SMILES string of the molecule is [2H]C([2H])([2H])NC(=O)c1nnc(NC(=O)NC2CC2)cc1Nc1ncc(OC)cc1SC. The van der Waals surface area contributed by atoms with Gasteiger partial charge in [-0.25, -0.2) is 9.78 Å². The molecule has 11 heteroatoms. The molecular weight excluding hydrogens is 382 g/mol. The van der Waals surface area contributed by atoms with E-state index in [1.54, 1.807) is 6.07 Å². The van der Waals surface area contributed by atoms with E-state index in [9.17, 15) is 9.59 Å². The van der Waals surface area contributed by atoms with E-state index in [-0.39, 0.29) is 23.2 Å². The monoisotopic (exact) mass is 406 g/mol. The van der Waals surface area contributed by atoms with E-state index in [2.05, 4.69) is 31.1 Å². The van der Waals surface area contributed by atoms with Gasteiger partial charge in [0.25, 0.3) is 5.91 Å². The van der Waals surface area contributed by atoms with Gasteiger partial charge in [-0.3, -0.25) is 10.1 Å². The van der Waals surface area contributed by atoms with Crippen LogP contribution in [0.25, 0.3) is 0 Å². The van der Waals surface area contributed by atoms with Crippen molar-refractivity contribution in [2.75, 3.05) is 31.0 Å². The second kappa shape index (κ2) is 8.74. The van der Waals surface area contributed by atoms with Crippen LogP contribution in [-0.4, -0.2) is 53.5 Å². The van der Waals surface area contributed by atoms with Crippen molar-refractivity contribution in [1.29, 1.82) is 0 Å². The van der Waals surface area contributed by atoms with Crippen molar-refractivity contribution in [3.8, 4) is 5.75 Å². The van der Waals surface area contributed by atoms with Crippen molar-refractivity contribution in [3.63, 3.8) is 0 Å². The van der Waals surface area contributed by atoms with Gasteiger partial charge in [0.2, 0.25) is 0 Å². The number of pyridine rings is 1. The first-order valence-corrected chi connectivity index (χ1v) is 9.54. The quantitative estimate of drug-likeness (QED) is 0.514. The predicted molar refractivity (Wildman–Crippen MR) is 106 cm³/mol. The van der Waals surface area contributed by atoms with Crippen molar-refractivity contribution >= 4 is 41.0 Å². The zero-order valence-electron chi connectivity index (χ0n) is 18.2. The summed E-state index contributed by atoms with van der Waals surface area (Å²) in [6.45, 7) is -2.71. The number of amides is 3. The highest BCUT2D eigenvalue weighted by molar-refractivity contribution is 7.98. The minimum atomic E-state index is -2.71. The number of nitrogens with one attached hydrogen (secondary N) is 4. The molecule has 0 unspecified atom stereocenters. The Morgan fingerprint density at radius 1 is 1.32 bits per heavy atom. The number of nitrogens with zero attached hydrogens (tertiary/aromatic N) is 3. The van der Waals surface area contributed by atoms with Crippen LogP contribution in [0, 0.1) is 0 Å². The maximum atomic E-state index is 12.5. The molecule has 4 N–H and O–H groups in total. The van der Waals surface area contributed by atoms with Crippen molar-refractivity contribution in [2.24, 2.45) is 0 Å². The third-order valence-electron chi connectivity index (χ3n) is 3.81. The lowest BCUT2D eigenvalue weighted by Gasteiger charge is -2.14. The third kappa shape index (κ3) is 4.80. The summed E-state index contributed by atoms with van der Waals surface area (Å²) in [5, 5.41) is 17.8. The lowest BCUT2D eigenvalue weighted by atomic mass is 10.3. The van der Waals surface area contributed by atoms with Crippen molar-refractivity contribution in [1.82, 2.24) is 25.8 Å². The molecule has 1 saturated carbocycles. The van der Waals surface area contributed by atoms with Crippen LogP contribution in [0.1, 0.15) is 27.4 Å². The highest BCUT2D eigenvalue weighted by Gasteiger charge is 2.24. The van der Waals surface area contributed by atoms with Gasteiger partial charge in [-0.05, 0) is 25.2 Å². The fourth-order valence-electron chi connectivity index (χ4n) is 2.26. The maximum Gasteiger partial charge on any atom is 0.320 e. The Bertz CT molecular complexity index is 986. The zero-order valence-corrected chi connectivity index (χ0v) is 16.0. The number of carbonyl (C=O) groups excluding carboxylic acids is 2. The first kappa shape index (κ1) is 15.9. The summed E-state index contributed by atoms with van der Waals surface area (Å²) < 4.78 is 26.9. The smallest absolute Gasteiger partial charge is 0.320 e. The minimum absolute atomic E-state index is 0.0743. The van der Waals surface area contributed by atoms with E-state index in [1.807, 2.05) is 11.6 Å². The Hall–Kier alpha value is -3.08. The first-order valence-electron chi connectivity index (χ1n) is 9.81. The molecule has 0 aromatic carbocycles. The molecule has 0 radical (unpaired) electrons. The molecule has 2 aromatic rings. The molecule has 0 bridgehead atoms. The third-order valence-corrected chi connectivity index (χ3v) is 4.56. The van der Waals surface area contributed by atoms with Gasteiger partial charge >= 0.3 is 6.03 Å². The molecular formula is C17H21N7O3S. The van der Waals surface area contributed by atoms with Gasteiger partial charge < -0.3 is 20.7 Å². The number of carbonyl (C=O) groups is 2. The van der Waals surface area contributed by atoms with Crippen LogP contribution in [0.2, 0.25) is 0 Å². The minimum Gasteiger partial charge on any atom is -0.495 e. The summed E-state index contributed by atoms with van der Waals surface area (Å²) in [6.07, 6.45) is 5.16. The number of urea groups is 1. The average Bonchev–Trinajstić information content (AvgIpc) is 3.50. The molecule has 3 amide bonds. The van der Waals surface area contributed by atoms with E-state index in [4.69, 9.17) is 8.85 Å². The summed E-state index contributed by atoms with van der Waals surface area (Å²) in [7, 11) is 1.52. The van der Waals surface area contributed by atoms with Gasteiger partial charge in [-0.2, -0.15) is 0 Å². The number of thioether (sulfide) groups is 1. The average molecular weight is 406 g/mol. The van der Waals surface area contributed by atoms with Crippen molar-refractivity contribution in [2.45, 2.75) is 23.8 Å². The Balaban J connectivity index is 1.92. The van der Waals surface area contributed by atoms with Crippen LogP contribution in [0.5, 0.6) is 5.75 Å². The highest BCUT2D eigenvalue weighted by atomic mass is 32.2. The van der Waals surface area contributed by atoms with Gasteiger partial charge in [0.15, 0.2) is 11.5 Å². The molecule has 0 aliphatic heterocycles. The van der Waals surface area contributed by atoms with E-state index < -0.39 is 18.9 Å². The maximum absolute atomic E-state index is 12.5. The second-order valence-electron chi connectivity index (χ2n) is 5.87. The summed E-state index contributed by atoms with van der Waals surface area (Å²) >= 11 is 1.39. The highest BCUT2D eigenvalue weighted by Crippen LogP contribution is 2.30. The zero-order chi connectivity index (χ0) is 22.6. The van der Waals surface area contributed by atoms with Crippen LogP contribution in [0.4, 0.5) is 22.1 Å². The molecule has 1 fully saturated rings. The van der Waals surface area contributed by atoms with Crippen LogP contribution in [-0.2, 0) is 0 Å². The first-order chi connectivity index (χ1) is 14.7. The van der Waals surface area contributed by atoms with Gasteiger partial charge in [-0.1, -0.05) is 0 Å². The second-order valence-corrected chi connectivity index (χ2v) is 6.72. The Kier molecular flexibility index (Phi) is 4.97. The van der Waals surface area contributed by atoms with Gasteiger partial charge in [0.1, 0.15) is 11.6 Å². The summed E-state index contributed by atoms with van der Waals surface area (Å²) in [4.78, 5) is 29.5. The van der Waals surface area contributed by atoms with Crippen molar-refractivity contribution < 1.29 is 18.4 Å². The summed E-state index contributed by atoms with van der Waals surface area (Å²) in [5.41, 5.74) is -0.152. The Labute approximate surface area is 170 Å². The Morgan fingerprint density at radius 2 is 2.14 bits per heavy atom. The summed E-state index contributed by atoms with van der Waals surface area (Å²) in [6, 6.07) is 2.82. The lowest BCUT2D eigenvalue weighted by molar-refractivity contribution is 0.0958. The molecule has 10 nitrogen and oxygen atoms in total. The Morgan fingerprint density at radius 3 is 2.82 bits per heavy atom. The fourth-order valence-corrected chi connectivity index (χ4v) is 2.79. The van der Waals surface area contributed by atoms with Crippen LogP contribution in [0.15, 0.2) is 23.2 Å². The largest absolute Gasteiger partial charge is 0.495 e. The van der Waals surface area contributed by atoms with Gasteiger partial charge in [-0.15, -0.1) is 22.0 Å². The topological polar surface area (TPSA) is 130 Å². The molecule has 0 saturated heterocycles. The molecule has 0 atom stereocenters. The molecule has 0 spiro atoms. The van der Waals surface area contributed by atoms with Crippen molar-refractivity contribution in [3.05, 3.63) is 24.0 Å². The number of anilines is 3. The number of hydrogen-bond donors (Lipinski definition) is 4. The molecule has 3 rings (SSSR count). The number of ether oxygens (including phenoxy) is 1. The molecule has 2 aromatic heterocycles. The fraction of sp³-hybridized carbons (Fsp3) is 0.353. The molecule has 148 valence electrons. The van der Waals surface area contributed by atoms with E-state index in [0.717, 1.165) is 12.8 Å². The van der Waals surface area contributed by atoms with Crippen LogP contribution in [0.3, 0.4) is 0 Å². The van der Waals surface area contributed by atoms with Gasteiger partial charge in [0.05, 0.1) is 23.9 Å². The normalized spacial score (nSPS) is 14.9. The van der Waals surface area contributed by atoms with E-state index in [0.29, 0.717) is 16.5 Å². The van der Waals surface area contributed by atoms with Crippen LogP contribution < -0.4 is 26.0 Å². The van der Waals surface area contributed by atoms with E-state index in [1.165, 1.54) is 31.1 Å². The molecule has 2 heterocycles. The van der Waals surface area contributed by atoms with Crippen LogP contribution >= 0.6 is 11.8 Å². The number of hydrogen-bond acceptors (Lipinski definition) is 8. The molecule has 28 heavy (non-hydrogen) atoms. The molecule has 1 aliphatic rings.